The van der Waals surface area contributed by atoms with E-state index in [1.54, 1.807) is 7.11 Å². The summed E-state index contributed by atoms with van der Waals surface area (Å²) in [4.78, 5) is 4.31. The van der Waals surface area contributed by atoms with Crippen LogP contribution in [0.25, 0.3) is 0 Å². The van der Waals surface area contributed by atoms with Gasteiger partial charge in [0.2, 0.25) is 12.2 Å². The molecule has 1 aliphatic heterocycles. The molecule has 1 unspecified atom stereocenters. The van der Waals surface area contributed by atoms with Crippen LogP contribution in [-0.4, -0.2) is 25.8 Å². The number of hydrogen-bond acceptors (Lipinski definition) is 3. The van der Waals surface area contributed by atoms with Crippen LogP contribution < -0.4 is 0 Å². The van der Waals surface area contributed by atoms with Gasteiger partial charge in [-0.05, 0) is 23.8 Å². The maximum Gasteiger partial charge on any atom is 0.221 e. The van der Waals surface area contributed by atoms with Crippen molar-refractivity contribution in [1.29, 1.82) is 0 Å². The Morgan fingerprint density at radius 2 is 2.24 bits per heavy atom. The number of alkyl halides is 2. The molecular formula is C11H10Br3NO2. The van der Waals surface area contributed by atoms with Gasteiger partial charge in [0.05, 0.1) is 3.74 Å². The van der Waals surface area contributed by atoms with Gasteiger partial charge < -0.3 is 9.47 Å². The van der Waals surface area contributed by atoms with Crippen LogP contribution in [0.1, 0.15) is 14.9 Å². The summed E-state index contributed by atoms with van der Waals surface area (Å²) in [6.07, 6.45) is -0.263. The highest BCUT2D eigenvalue weighted by molar-refractivity contribution is 9.24. The predicted octanol–water partition coefficient (Wildman–Crippen LogP) is 3.99. The van der Waals surface area contributed by atoms with E-state index in [-0.39, 0.29) is 10.0 Å². The molecule has 0 spiro atoms. The molecule has 0 saturated carbocycles. The lowest BCUT2D eigenvalue weighted by atomic mass is 10.1. The van der Waals surface area contributed by atoms with E-state index >= 15 is 0 Å². The van der Waals surface area contributed by atoms with E-state index in [1.807, 2.05) is 18.2 Å². The lowest BCUT2D eigenvalue weighted by Crippen LogP contribution is -2.15. The average Bonchev–Trinajstić information content (AvgIpc) is 2.78. The minimum atomic E-state index is -0.263. The molecule has 1 aromatic rings. The van der Waals surface area contributed by atoms with Gasteiger partial charge in [0.15, 0.2) is 0 Å². The standard InChI is InChI=1S/C11H10Br3NO2/c1-16-9-5-15-11(17-9)6-2-3-8(12)7(4-6)10(13)14/h2-4,9-10H,5H2,1H3. The van der Waals surface area contributed by atoms with Crippen molar-refractivity contribution in [3.63, 3.8) is 0 Å². The minimum absolute atomic E-state index is 0.0875. The van der Waals surface area contributed by atoms with E-state index < -0.39 is 0 Å². The zero-order valence-corrected chi connectivity index (χ0v) is 13.7. The van der Waals surface area contributed by atoms with Gasteiger partial charge in [0.1, 0.15) is 6.54 Å². The summed E-state index contributed by atoms with van der Waals surface area (Å²) in [6, 6.07) is 5.97. The van der Waals surface area contributed by atoms with Crippen molar-refractivity contribution < 1.29 is 9.47 Å². The lowest BCUT2D eigenvalue weighted by molar-refractivity contribution is -0.0401. The fraction of sp³-hybridized carbons (Fsp3) is 0.364. The second kappa shape index (κ2) is 5.82. The quantitative estimate of drug-likeness (QED) is 0.683. The Balaban J connectivity index is 2.26. The van der Waals surface area contributed by atoms with E-state index in [2.05, 4.69) is 52.8 Å². The van der Waals surface area contributed by atoms with Crippen LogP contribution in [-0.2, 0) is 9.47 Å². The van der Waals surface area contributed by atoms with Crippen LogP contribution in [0.4, 0.5) is 0 Å². The van der Waals surface area contributed by atoms with E-state index in [0.717, 1.165) is 15.6 Å². The van der Waals surface area contributed by atoms with Gasteiger partial charge in [-0.1, -0.05) is 47.8 Å². The monoisotopic (exact) mass is 425 g/mol. The molecule has 6 heteroatoms. The van der Waals surface area contributed by atoms with E-state index in [0.29, 0.717) is 12.4 Å². The molecule has 0 aromatic heterocycles. The Hall–Kier alpha value is 0.0900. The molecule has 0 radical (unpaired) electrons. The Labute approximate surface area is 125 Å². The van der Waals surface area contributed by atoms with Crippen molar-refractivity contribution in [2.75, 3.05) is 13.7 Å². The highest BCUT2D eigenvalue weighted by atomic mass is 79.9. The van der Waals surface area contributed by atoms with Gasteiger partial charge in [-0.25, -0.2) is 4.99 Å². The number of ether oxygens (including phenoxy) is 2. The third-order valence-electron chi connectivity index (χ3n) is 2.37. The van der Waals surface area contributed by atoms with Crippen molar-refractivity contribution in [3.05, 3.63) is 33.8 Å². The highest BCUT2D eigenvalue weighted by Crippen LogP contribution is 2.35. The Bertz CT molecular complexity index is 448. The van der Waals surface area contributed by atoms with Gasteiger partial charge in [-0.2, -0.15) is 0 Å². The van der Waals surface area contributed by atoms with Gasteiger partial charge in [-0.3, -0.25) is 0 Å². The van der Waals surface area contributed by atoms with Crippen LogP contribution in [0.3, 0.4) is 0 Å². The number of aliphatic imine (C=N–C) groups is 1. The summed E-state index contributed by atoms with van der Waals surface area (Å²) in [7, 11) is 1.61. The molecule has 0 aliphatic carbocycles. The molecule has 3 nitrogen and oxygen atoms in total. The summed E-state index contributed by atoms with van der Waals surface area (Å²) in [6.45, 7) is 0.545. The molecule has 0 N–H and O–H groups in total. The highest BCUT2D eigenvalue weighted by Gasteiger charge is 2.21. The predicted molar refractivity (Wildman–Crippen MR) is 78.0 cm³/mol. The SMILES string of the molecule is COC1CN=C(c2ccc(Br)c(C(Br)Br)c2)O1. The third-order valence-corrected chi connectivity index (χ3v) is 4.08. The van der Waals surface area contributed by atoms with Crippen molar-refractivity contribution in [1.82, 2.24) is 0 Å². The van der Waals surface area contributed by atoms with Gasteiger partial charge >= 0.3 is 0 Å². The molecule has 92 valence electrons. The van der Waals surface area contributed by atoms with Crippen LogP contribution in [0.5, 0.6) is 0 Å². The number of rotatable bonds is 3. The normalized spacial score (nSPS) is 19.4. The van der Waals surface area contributed by atoms with Crippen LogP contribution in [0.15, 0.2) is 27.7 Å². The Kier molecular flexibility index (Phi) is 4.63. The van der Waals surface area contributed by atoms with Crippen molar-refractivity contribution in [2.24, 2.45) is 4.99 Å². The summed E-state index contributed by atoms with van der Waals surface area (Å²) in [5.41, 5.74) is 2.04. The van der Waals surface area contributed by atoms with Crippen molar-refractivity contribution in [2.45, 2.75) is 10.0 Å². The summed E-state index contributed by atoms with van der Waals surface area (Å²) in [5, 5.41) is 0. The fourth-order valence-electron chi connectivity index (χ4n) is 1.48. The summed E-state index contributed by atoms with van der Waals surface area (Å²) in [5.74, 6) is 0.631. The van der Waals surface area contributed by atoms with Crippen molar-refractivity contribution >= 4 is 53.7 Å². The topological polar surface area (TPSA) is 30.8 Å². The largest absolute Gasteiger partial charge is 0.446 e. The zero-order chi connectivity index (χ0) is 12.4. The Morgan fingerprint density at radius 1 is 1.47 bits per heavy atom. The maximum atomic E-state index is 5.55. The number of halogens is 3. The van der Waals surface area contributed by atoms with Gasteiger partial charge in [0, 0.05) is 17.1 Å². The van der Waals surface area contributed by atoms with Gasteiger partial charge in [-0.15, -0.1) is 0 Å². The van der Waals surface area contributed by atoms with Crippen LogP contribution in [0, 0.1) is 0 Å². The molecule has 0 amide bonds. The molecule has 1 aromatic carbocycles. The third kappa shape index (κ3) is 3.10. The first kappa shape index (κ1) is 13.5. The molecule has 2 rings (SSSR count). The number of methoxy groups -OCH3 is 1. The second-order valence-corrected chi connectivity index (χ2v) is 7.38. The minimum Gasteiger partial charge on any atom is -0.446 e. The molecule has 0 fully saturated rings. The average molecular weight is 428 g/mol. The van der Waals surface area contributed by atoms with Crippen LogP contribution in [0.2, 0.25) is 0 Å². The fourth-order valence-corrected chi connectivity index (χ4v) is 3.33. The zero-order valence-electron chi connectivity index (χ0n) is 8.99. The summed E-state index contributed by atoms with van der Waals surface area (Å²) < 4.78 is 11.8. The molecule has 0 bridgehead atoms. The van der Waals surface area contributed by atoms with E-state index in [9.17, 15) is 0 Å². The van der Waals surface area contributed by atoms with E-state index in [4.69, 9.17) is 9.47 Å². The molecular weight excluding hydrogens is 418 g/mol. The number of benzene rings is 1. The molecule has 0 saturated heterocycles. The first-order valence-electron chi connectivity index (χ1n) is 4.93. The maximum absolute atomic E-state index is 5.55. The number of hydrogen-bond donors (Lipinski definition) is 0. The molecule has 1 aliphatic rings. The van der Waals surface area contributed by atoms with Gasteiger partial charge in [0.25, 0.3) is 0 Å². The van der Waals surface area contributed by atoms with Crippen molar-refractivity contribution in [3.8, 4) is 0 Å². The first-order valence-corrected chi connectivity index (χ1v) is 7.56. The molecule has 1 atom stereocenters. The molecule has 17 heavy (non-hydrogen) atoms. The van der Waals surface area contributed by atoms with Crippen LogP contribution >= 0.6 is 47.8 Å². The second-order valence-electron chi connectivity index (χ2n) is 3.47. The Morgan fingerprint density at radius 3 is 2.82 bits per heavy atom. The van der Waals surface area contributed by atoms with E-state index in [1.165, 1.54) is 0 Å². The number of nitrogens with zero attached hydrogens (tertiary/aromatic N) is 1. The smallest absolute Gasteiger partial charge is 0.221 e. The lowest BCUT2D eigenvalue weighted by Gasteiger charge is -2.11. The first-order chi connectivity index (χ1) is 8.11. The summed E-state index contributed by atoms with van der Waals surface area (Å²) >= 11 is 10.5. The molecule has 1 heterocycles.